The highest BCUT2D eigenvalue weighted by Crippen LogP contribution is 2.22. The Balaban J connectivity index is 1.33. The van der Waals surface area contributed by atoms with E-state index in [-0.39, 0.29) is 30.2 Å². The van der Waals surface area contributed by atoms with E-state index in [0.29, 0.717) is 42.6 Å². The van der Waals surface area contributed by atoms with Gasteiger partial charge in [0.05, 0.1) is 28.7 Å². The largest absolute Gasteiger partial charge is 0.468 e. The number of sulfone groups is 1. The van der Waals surface area contributed by atoms with Gasteiger partial charge in [-0.25, -0.2) is 13.4 Å². The third-order valence-electron chi connectivity index (χ3n) is 5.52. The number of likely N-dealkylation sites (tertiary alicyclic amines) is 1. The van der Waals surface area contributed by atoms with E-state index >= 15 is 0 Å². The van der Waals surface area contributed by atoms with Crippen molar-refractivity contribution in [3.8, 4) is 0 Å². The van der Waals surface area contributed by atoms with Gasteiger partial charge in [-0.1, -0.05) is 12.1 Å². The fourth-order valence-corrected chi connectivity index (χ4v) is 5.54. The normalized spacial score (nSPS) is 15.5. The highest BCUT2D eigenvalue weighted by molar-refractivity contribution is 7.91. The van der Waals surface area contributed by atoms with Gasteiger partial charge in [-0.15, -0.1) is 0 Å². The highest BCUT2D eigenvalue weighted by atomic mass is 32.2. The van der Waals surface area contributed by atoms with Crippen LogP contribution in [0.3, 0.4) is 0 Å². The number of carbonyl (C=O) groups is 1. The first-order chi connectivity index (χ1) is 14.4. The number of furan rings is 1. The highest BCUT2D eigenvalue weighted by Gasteiger charge is 2.32. The molecule has 2 aromatic heterocycles. The summed E-state index contributed by atoms with van der Waals surface area (Å²) in [6.45, 7) is 1.03. The molecule has 0 unspecified atom stereocenters. The number of amides is 1. The molecule has 0 saturated carbocycles. The molecule has 0 spiro atoms. The number of nitrogens with zero attached hydrogens (tertiary/aromatic N) is 3. The molecule has 0 bridgehead atoms. The van der Waals surface area contributed by atoms with Gasteiger partial charge in [-0.3, -0.25) is 14.2 Å². The third-order valence-corrected chi connectivity index (χ3v) is 7.70. The first-order valence-electron chi connectivity index (χ1n) is 9.90. The molecule has 3 aromatic rings. The lowest BCUT2D eigenvalue weighted by Gasteiger charge is -2.31. The summed E-state index contributed by atoms with van der Waals surface area (Å²) < 4.78 is 31.8. The van der Waals surface area contributed by atoms with Gasteiger partial charge >= 0.3 is 0 Å². The maximum Gasteiger partial charge on any atom is 0.261 e. The van der Waals surface area contributed by atoms with Gasteiger partial charge in [0.2, 0.25) is 5.91 Å². The molecule has 30 heavy (non-hydrogen) atoms. The molecule has 0 aliphatic carbocycles. The van der Waals surface area contributed by atoms with Crippen molar-refractivity contribution in [1.29, 1.82) is 0 Å². The first-order valence-corrected chi connectivity index (χ1v) is 11.6. The summed E-state index contributed by atoms with van der Waals surface area (Å²) in [6, 6.07) is 10.4. The third kappa shape index (κ3) is 4.30. The van der Waals surface area contributed by atoms with Crippen LogP contribution < -0.4 is 5.56 Å². The fraction of sp³-hybridized carbons (Fsp3) is 0.381. The summed E-state index contributed by atoms with van der Waals surface area (Å²) in [5.74, 6) is 0.233. The van der Waals surface area contributed by atoms with Crippen LogP contribution in [0.25, 0.3) is 10.9 Å². The molecule has 1 aliphatic rings. The van der Waals surface area contributed by atoms with Gasteiger partial charge in [0.1, 0.15) is 11.5 Å². The second-order valence-electron chi connectivity index (χ2n) is 7.48. The van der Waals surface area contributed by atoms with Crippen LogP contribution in [0.2, 0.25) is 0 Å². The fourth-order valence-electron chi connectivity index (χ4n) is 3.81. The predicted octanol–water partition coefficient (Wildman–Crippen LogP) is 1.99. The molecular formula is C21H23N3O5S. The van der Waals surface area contributed by atoms with E-state index in [2.05, 4.69) is 4.98 Å². The zero-order valence-electron chi connectivity index (χ0n) is 16.4. The van der Waals surface area contributed by atoms with Crippen LogP contribution in [0, 0.1) is 0 Å². The van der Waals surface area contributed by atoms with E-state index in [9.17, 15) is 18.0 Å². The van der Waals surface area contributed by atoms with Crippen molar-refractivity contribution in [3.63, 3.8) is 0 Å². The minimum atomic E-state index is -3.32. The Morgan fingerprint density at radius 1 is 1.13 bits per heavy atom. The molecule has 8 nitrogen and oxygen atoms in total. The minimum absolute atomic E-state index is 0.0862. The number of hydrogen-bond acceptors (Lipinski definition) is 6. The van der Waals surface area contributed by atoms with Crippen LogP contribution in [0.5, 0.6) is 0 Å². The molecule has 4 rings (SSSR count). The maximum atomic E-state index is 12.6. The summed E-state index contributed by atoms with van der Waals surface area (Å²) >= 11 is 0. The zero-order valence-corrected chi connectivity index (χ0v) is 17.3. The van der Waals surface area contributed by atoms with Crippen molar-refractivity contribution < 1.29 is 17.6 Å². The zero-order chi connectivity index (χ0) is 21.1. The molecule has 1 aliphatic heterocycles. The Morgan fingerprint density at radius 3 is 2.63 bits per heavy atom. The molecule has 1 aromatic carbocycles. The van der Waals surface area contributed by atoms with E-state index in [4.69, 9.17) is 4.42 Å². The second-order valence-corrected chi connectivity index (χ2v) is 9.76. The van der Waals surface area contributed by atoms with Gasteiger partial charge < -0.3 is 9.32 Å². The molecule has 0 radical (unpaired) electrons. The molecule has 1 saturated heterocycles. The number of aromatic nitrogens is 2. The van der Waals surface area contributed by atoms with Gasteiger partial charge in [-0.2, -0.15) is 0 Å². The van der Waals surface area contributed by atoms with E-state index in [1.807, 2.05) is 6.07 Å². The number of piperidine rings is 1. The standard InChI is InChI=1S/C21H23N3O5S/c25-20(9-12-24-15-22-19-6-2-1-5-18(19)21(24)26)23-10-7-17(8-11-23)30(27,28)14-16-4-3-13-29-16/h1-6,13,15,17H,7-12,14H2. The quantitative estimate of drug-likeness (QED) is 0.594. The van der Waals surface area contributed by atoms with Crippen molar-refractivity contribution in [2.24, 2.45) is 0 Å². The van der Waals surface area contributed by atoms with E-state index in [1.54, 1.807) is 35.2 Å². The topological polar surface area (TPSA) is 102 Å². The molecule has 1 fully saturated rings. The number of para-hydroxylation sites is 1. The van der Waals surface area contributed by atoms with Crippen molar-refractivity contribution in [2.75, 3.05) is 13.1 Å². The SMILES string of the molecule is O=C(CCn1cnc2ccccc2c1=O)N1CCC(S(=O)(=O)Cc2ccco2)CC1. The van der Waals surface area contributed by atoms with Crippen molar-refractivity contribution in [2.45, 2.75) is 36.8 Å². The predicted molar refractivity (Wildman–Crippen MR) is 112 cm³/mol. The number of fused-ring (bicyclic) bond motifs is 1. The minimum Gasteiger partial charge on any atom is -0.468 e. The molecule has 9 heteroatoms. The van der Waals surface area contributed by atoms with Crippen LogP contribution in [0.1, 0.15) is 25.0 Å². The van der Waals surface area contributed by atoms with Crippen LogP contribution >= 0.6 is 0 Å². The summed E-state index contributed by atoms with van der Waals surface area (Å²) in [5.41, 5.74) is 0.457. The average Bonchev–Trinajstić information content (AvgIpc) is 3.26. The Hall–Kier alpha value is -2.94. The van der Waals surface area contributed by atoms with Crippen LogP contribution in [0.4, 0.5) is 0 Å². The summed E-state index contributed by atoms with van der Waals surface area (Å²) in [6.07, 6.45) is 3.91. The molecule has 1 amide bonds. The Kier molecular flexibility index (Phi) is 5.72. The first kappa shape index (κ1) is 20.3. The smallest absolute Gasteiger partial charge is 0.261 e. The van der Waals surface area contributed by atoms with Crippen molar-refractivity contribution in [3.05, 3.63) is 65.1 Å². The summed E-state index contributed by atoms with van der Waals surface area (Å²) in [7, 11) is -3.32. The number of aryl methyl sites for hydroxylation is 1. The maximum absolute atomic E-state index is 12.6. The molecular weight excluding hydrogens is 406 g/mol. The Labute approximate surface area is 174 Å². The summed E-state index contributed by atoms with van der Waals surface area (Å²) in [4.78, 5) is 31.1. The van der Waals surface area contributed by atoms with Gasteiger partial charge in [0.15, 0.2) is 9.84 Å². The van der Waals surface area contributed by atoms with Gasteiger partial charge in [-0.05, 0) is 37.1 Å². The molecule has 158 valence electrons. The van der Waals surface area contributed by atoms with Crippen molar-refractivity contribution >= 4 is 26.6 Å². The number of hydrogen-bond donors (Lipinski definition) is 0. The number of benzene rings is 1. The molecule has 0 N–H and O–H groups in total. The molecule has 3 heterocycles. The van der Waals surface area contributed by atoms with Crippen LogP contribution in [0.15, 0.2) is 58.2 Å². The van der Waals surface area contributed by atoms with Crippen LogP contribution in [-0.2, 0) is 26.9 Å². The number of rotatable bonds is 6. The Bertz CT molecular complexity index is 1190. The van der Waals surface area contributed by atoms with E-state index in [1.165, 1.54) is 17.2 Å². The van der Waals surface area contributed by atoms with Gasteiger partial charge in [0.25, 0.3) is 5.56 Å². The second kappa shape index (κ2) is 8.43. The lowest BCUT2D eigenvalue weighted by Crippen LogP contribution is -2.43. The van der Waals surface area contributed by atoms with Crippen molar-refractivity contribution in [1.82, 2.24) is 14.5 Å². The van der Waals surface area contributed by atoms with E-state index in [0.717, 1.165) is 0 Å². The Morgan fingerprint density at radius 2 is 1.90 bits per heavy atom. The van der Waals surface area contributed by atoms with Crippen LogP contribution in [-0.4, -0.2) is 47.1 Å². The monoisotopic (exact) mass is 429 g/mol. The van der Waals surface area contributed by atoms with E-state index < -0.39 is 15.1 Å². The summed E-state index contributed by atoms with van der Waals surface area (Å²) in [5, 5.41) is 0.0500. The number of carbonyl (C=O) groups excluding carboxylic acids is 1. The average molecular weight is 429 g/mol. The lowest BCUT2D eigenvalue weighted by atomic mass is 10.1. The molecule has 0 atom stereocenters. The lowest BCUT2D eigenvalue weighted by molar-refractivity contribution is -0.132. The van der Waals surface area contributed by atoms with Gasteiger partial charge in [0, 0.05) is 26.1 Å².